The Labute approximate surface area is 138 Å². The fourth-order valence-corrected chi connectivity index (χ4v) is 2.68. The summed E-state index contributed by atoms with van der Waals surface area (Å²) in [5.41, 5.74) is 3.22. The Morgan fingerprint density at radius 2 is 2.00 bits per heavy atom. The van der Waals surface area contributed by atoms with Crippen molar-refractivity contribution in [3.05, 3.63) is 36.2 Å². The minimum absolute atomic E-state index is 0.319. The van der Waals surface area contributed by atoms with Crippen LogP contribution in [0.1, 0.15) is 5.69 Å². The molecule has 0 aliphatic heterocycles. The van der Waals surface area contributed by atoms with Gasteiger partial charge < -0.3 is 14.2 Å². The number of pyridine rings is 1. The summed E-state index contributed by atoms with van der Waals surface area (Å²) in [5.74, 6) is 1.02. The van der Waals surface area contributed by atoms with Crippen LogP contribution in [0.4, 0.5) is 4.79 Å². The van der Waals surface area contributed by atoms with Gasteiger partial charge in [-0.1, -0.05) is 12.1 Å². The van der Waals surface area contributed by atoms with E-state index < -0.39 is 6.16 Å². The molecule has 0 saturated carbocycles. The van der Waals surface area contributed by atoms with Crippen LogP contribution in [0.25, 0.3) is 22.0 Å². The molecule has 0 bridgehead atoms. The van der Waals surface area contributed by atoms with Crippen LogP contribution in [0.15, 0.2) is 30.5 Å². The number of rotatable bonds is 3. The Kier molecular flexibility index (Phi) is 4.07. The quantitative estimate of drug-likeness (QED) is 0.688. The Morgan fingerprint density at radius 1 is 1.21 bits per heavy atom. The van der Waals surface area contributed by atoms with Gasteiger partial charge in [-0.05, 0) is 19.1 Å². The number of aromatic nitrogens is 3. The molecule has 2 aromatic heterocycles. The van der Waals surface area contributed by atoms with Gasteiger partial charge in [0.15, 0.2) is 0 Å². The van der Waals surface area contributed by atoms with Gasteiger partial charge >= 0.3 is 6.16 Å². The normalized spacial score (nSPS) is 10.7. The number of hydrogen-bond acceptors (Lipinski definition) is 6. The number of aryl methyl sites for hydroxylation is 2. The number of fused-ring (bicyclic) bond motifs is 1. The largest absolute Gasteiger partial charge is 0.514 e. The molecule has 0 saturated heterocycles. The highest BCUT2D eigenvalue weighted by molar-refractivity contribution is 5.99. The molecular formula is C17H17N3O4. The highest BCUT2D eigenvalue weighted by Crippen LogP contribution is 2.38. The predicted octanol–water partition coefficient (Wildman–Crippen LogP) is 3.10. The number of nitrogens with zero attached hydrogens (tertiary/aromatic N) is 3. The number of carbonyl (C=O) groups is 1. The lowest BCUT2D eigenvalue weighted by Crippen LogP contribution is -2.10. The zero-order valence-electron chi connectivity index (χ0n) is 13.9. The van der Waals surface area contributed by atoms with Crippen molar-refractivity contribution in [2.45, 2.75) is 6.92 Å². The molecule has 2 heterocycles. The van der Waals surface area contributed by atoms with Crippen LogP contribution in [-0.4, -0.2) is 35.1 Å². The first-order chi connectivity index (χ1) is 11.6. The second-order valence-corrected chi connectivity index (χ2v) is 5.16. The molecular weight excluding hydrogens is 310 g/mol. The van der Waals surface area contributed by atoms with Gasteiger partial charge in [-0.2, -0.15) is 5.10 Å². The Morgan fingerprint density at radius 3 is 2.71 bits per heavy atom. The lowest BCUT2D eigenvalue weighted by Gasteiger charge is -2.11. The molecule has 0 fully saturated rings. The average Bonchev–Trinajstić information content (AvgIpc) is 2.90. The standard InChI is InChI=1S/C17H17N3O4/c1-10-14(13(22-3)8-9-18-10)11-6-5-7-12-15(11)19-20(2)16(12)24-17(21)23-4/h5-9H,1-4H3. The summed E-state index contributed by atoms with van der Waals surface area (Å²) in [4.78, 5) is 15.8. The van der Waals surface area contributed by atoms with Crippen LogP contribution in [0, 0.1) is 6.92 Å². The van der Waals surface area contributed by atoms with Crippen molar-refractivity contribution in [2.24, 2.45) is 7.05 Å². The van der Waals surface area contributed by atoms with E-state index in [-0.39, 0.29) is 0 Å². The zero-order valence-corrected chi connectivity index (χ0v) is 13.9. The summed E-state index contributed by atoms with van der Waals surface area (Å²) in [6.07, 6.45) is 0.905. The lowest BCUT2D eigenvalue weighted by molar-refractivity contribution is 0.118. The molecule has 3 rings (SSSR count). The number of ether oxygens (including phenoxy) is 3. The summed E-state index contributed by atoms with van der Waals surface area (Å²) in [6.45, 7) is 1.91. The van der Waals surface area contributed by atoms with Crippen LogP contribution in [0.2, 0.25) is 0 Å². The number of methoxy groups -OCH3 is 2. The van der Waals surface area contributed by atoms with E-state index in [1.54, 1.807) is 26.4 Å². The second-order valence-electron chi connectivity index (χ2n) is 5.16. The molecule has 24 heavy (non-hydrogen) atoms. The topological polar surface area (TPSA) is 75.5 Å². The molecule has 7 heteroatoms. The van der Waals surface area contributed by atoms with Crippen molar-refractivity contribution in [3.8, 4) is 22.8 Å². The Hall–Kier alpha value is -3.09. The van der Waals surface area contributed by atoms with Crippen LogP contribution in [0.3, 0.4) is 0 Å². The molecule has 124 valence electrons. The third kappa shape index (κ3) is 2.54. The molecule has 1 aromatic carbocycles. The third-order valence-corrected chi connectivity index (χ3v) is 3.75. The fourth-order valence-electron chi connectivity index (χ4n) is 2.68. The zero-order chi connectivity index (χ0) is 17.3. The number of benzene rings is 1. The molecule has 7 nitrogen and oxygen atoms in total. The van der Waals surface area contributed by atoms with Crippen LogP contribution >= 0.6 is 0 Å². The summed E-state index contributed by atoms with van der Waals surface area (Å²) in [6, 6.07) is 7.44. The van der Waals surface area contributed by atoms with Gasteiger partial charge in [0.05, 0.1) is 19.6 Å². The van der Waals surface area contributed by atoms with Gasteiger partial charge in [0, 0.05) is 30.1 Å². The minimum atomic E-state index is -0.791. The van der Waals surface area contributed by atoms with E-state index in [1.165, 1.54) is 11.8 Å². The first kappa shape index (κ1) is 15.8. The van der Waals surface area contributed by atoms with Gasteiger partial charge in [0.1, 0.15) is 11.3 Å². The van der Waals surface area contributed by atoms with E-state index in [9.17, 15) is 4.79 Å². The highest BCUT2D eigenvalue weighted by Gasteiger charge is 2.20. The maximum Gasteiger partial charge on any atom is 0.514 e. The van der Waals surface area contributed by atoms with Crippen molar-refractivity contribution < 1.29 is 19.0 Å². The molecule has 0 aliphatic rings. The second kappa shape index (κ2) is 6.19. The molecule has 0 N–H and O–H groups in total. The highest BCUT2D eigenvalue weighted by atomic mass is 16.7. The first-order valence-corrected chi connectivity index (χ1v) is 7.28. The van der Waals surface area contributed by atoms with Gasteiger partial charge in [0.25, 0.3) is 0 Å². The number of carbonyl (C=O) groups excluding carboxylic acids is 1. The maximum absolute atomic E-state index is 11.5. The predicted molar refractivity (Wildman–Crippen MR) is 88.3 cm³/mol. The summed E-state index contributed by atoms with van der Waals surface area (Å²) >= 11 is 0. The van der Waals surface area contributed by atoms with E-state index in [2.05, 4.69) is 14.8 Å². The monoisotopic (exact) mass is 327 g/mol. The van der Waals surface area contributed by atoms with Gasteiger partial charge in [-0.3, -0.25) is 4.98 Å². The molecule has 0 spiro atoms. The summed E-state index contributed by atoms with van der Waals surface area (Å²) in [7, 11) is 4.58. The van der Waals surface area contributed by atoms with E-state index in [0.29, 0.717) is 22.5 Å². The molecule has 0 aliphatic carbocycles. The van der Waals surface area contributed by atoms with E-state index in [1.807, 2.05) is 25.1 Å². The van der Waals surface area contributed by atoms with Crippen molar-refractivity contribution in [3.63, 3.8) is 0 Å². The molecule has 0 radical (unpaired) electrons. The molecule has 0 atom stereocenters. The van der Waals surface area contributed by atoms with E-state index in [0.717, 1.165) is 16.8 Å². The molecule has 3 aromatic rings. The smallest absolute Gasteiger partial charge is 0.496 e. The molecule has 0 amide bonds. The van der Waals surface area contributed by atoms with E-state index >= 15 is 0 Å². The minimum Gasteiger partial charge on any atom is -0.496 e. The molecule has 0 unspecified atom stereocenters. The van der Waals surface area contributed by atoms with Gasteiger partial charge in [0.2, 0.25) is 5.88 Å². The third-order valence-electron chi connectivity index (χ3n) is 3.75. The van der Waals surface area contributed by atoms with Crippen molar-refractivity contribution in [1.82, 2.24) is 14.8 Å². The average molecular weight is 327 g/mol. The van der Waals surface area contributed by atoms with Gasteiger partial charge in [-0.25, -0.2) is 9.48 Å². The first-order valence-electron chi connectivity index (χ1n) is 7.28. The fraction of sp³-hybridized carbons (Fsp3) is 0.235. The SMILES string of the molecule is COC(=O)Oc1c2cccc(-c3c(OC)ccnc3C)c2nn1C. The Bertz CT molecular complexity index is 918. The summed E-state index contributed by atoms with van der Waals surface area (Å²) < 4.78 is 16.8. The van der Waals surface area contributed by atoms with Crippen LogP contribution < -0.4 is 9.47 Å². The van der Waals surface area contributed by atoms with Crippen molar-refractivity contribution in [2.75, 3.05) is 14.2 Å². The van der Waals surface area contributed by atoms with Crippen molar-refractivity contribution in [1.29, 1.82) is 0 Å². The van der Waals surface area contributed by atoms with E-state index in [4.69, 9.17) is 9.47 Å². The summed E-state index contributed by atoms with van der Waals surface area (Å²) in [5, 5.41) is 5.19. The Balaban J connectivity index is 2.25. The van der Waals surface area contributed by atoms with Crippen LogP contribution in [-0.2, 0) is 11.8 Å². The van der Waals surface area contributed by atoms with Crippen LogP contribution in [0.5, 0.6) is 11.6 Å². The maximum atomic E-state index is 11.5. The lowest BCUT2D eigenvalue weighted by atomic mass is 10.0. The van der Waals surface area contributed by atoms with Gasteiger partial charge in [-0.15, -0.1) is 0 Å². The van der Waals surface area contributed by atoms with Crippen molar-refractivity contribution >= 4 is 17.1 Å². The number of hydrogen-bond donors (Lipinski definition) is 0.